The van der Waals surface area contributed by atoms with Crippen LogP contribution in [0.5, 0.6) is 0 Å². The van der Waals surface area contributed by atoms with Crippen LogP contribution in [0.2, 0.25) is 0 Å². The molecule has 1 saturated carbocycles. The monoisotopic (exact) mass is 240 g/mol. The summed E-state index contributed by atoms with van der Waals surface area (Å²) in [4.78, 5) is 11.9. The zero-order valence-corrected chi connectivity index (χ0v) is 11.3. The van der Waals surface area contributed by atoms with E-state index in [2.05, 4.69) is 38.3 Å². The van der Waals surface area contributed by atoms with Gasteiger partial charge in [0.1, 0.15) is 0 Å². The Morgan fingerprint density at radius 3 is 2.47 bits per heavy atom. The standard InChI is InChI=1S/C13H24N2O2/c1-12(2)11(13(12,3)4)15-10(16)7-9-8-17-6-5-14-9/h9,11,14H,5-8H2,1-4H3,(H,15,16)/t9-/m1/s1. The molecule has 1 saturated heterocycles. The number of hydrogen-bond donors (Lipinski definition) is 2. The number of ether oxygens (including phenoxy) is 1. The fraction of sp³-hybridized carbons (Fsp3) is 0.923. The maximum atomic E-state index is 11.9. The second kappa shape index (κ2) is 4.25. The van der Waals surface area contributed by atoms with Gasteiger partial charge < -0.3 is 15.4 Å². The Morgan fingerprint density at radius 2 is 2.00 bits per heavy atom. The predicted molar refractivity (Wildman–Crippen MR) is 66.7 cm³/mol. The molecule has 0 spiro atoms. The van der Waals surface area contributed by atoms with Gasteiger partial charge in [0.15, 0.2) is 0 Å². The lowest BCUT2D eigenvalue weighted by molar-refractivity contribution is -0.122. The van der Waals surface area contributed by atoms with E-state index in [-0.39, 0.29) is 22.8 Å². The van der Waals surface area contributed by atoms with Gasteiger partial charge in [-0.3, -0.25) is 4.79 Å². The molecule has 2 aliphatic rings. The summed E-state index contributed by atoms with van der Waals surface area (Å²) in [6.07, 6.45) is 0.517. The highest BCUT2D eigenvalue weighted by Gasteiger charge is 2.65. The topological polar surface area (TPSA) is 50.4 Å². The summed E-state index contributed by atoms with van der Waals surface area (Å²) in [5.41, 5.74) is 0.415. The van der Waals surface area contributed by atoms with Crippen LogP contribution < -0.4 is 10.6 Å². The van der Waals surface area contributed by atoms with Crippen LogP contribution in [0.1, 0.15) is 34.1 Å². The second-order valence-corrected chi connectivity index (χ2v) is 6.37. The quantitative estimate of drug-likeness (QED) is 0.771. The first-order valence-electron chi connectivity index (χ1n) is 6.46. The predicted octanol–water partition coefficient (Wildman–Crippen LogP) is 0.916. The van der Waals surface area contributed by atoms with Gasteiger partial charge in [0.2, 0.25) is 5.91 Å². The normalized spacial score (nSPS) is 30.9. The molecule has 17 heavy (non-hydrogen) atoms. The molecule has 1 aliphatic heterocycles. The summed E-state index contributed by atoms with van der Waals surface area (Å²) in [6, 6.07) is 0.473. The van der Waals surface area contributed by atoms with Crippen LogP contribution >= 0.6 is 0 Å². The average molecular weight is 240 g/mol. The molecular weight excluding hydrogens is 216 g/mol. The molecular formula is C13H24N2O2. The van der Waals surface area contributed by atoms with Crippen LogP contribution in [-0.4, -0.2) is 37.7 Å². The van der Waals surface area contributed by atoms with E-state index in [0.29, 0.717) is 19.1 Å². The van der Waals surface area contributed by atoms with Gasteiger partial charge in [0, 0.05) is 25.0 Å². The summed E-state index contributed by atoms with van der Waals surface area (Å²) in [5, 5.41) is 6.45. The molecule has 0 aromatic heterocycles. The number of rotatable bonds is 3. The van der Waals surface area contributed by atoms with Gasteiger partial charge in [-0.15, -0.1) is 0 Å². The highest BCUT2D eigenvalue weighted by atomic mass is 16.5. The van der Waals surface area contributed by atoms with E-state index in [4.69, 9.17) is 4.74 Å². The van der Waals surface area contributed by atoms with Crippen LogP contribution in [0.4, 0.5) is 0 Å². The molecule has 1 atom stereocenters. The SMILES string of the molecule is CC1(C)C(NC(=O)C[C@@H]2COCCN2)C1(C)C. The minimum absolute atomic E-state index is 0.136. The molecule has 98 valence electrons. The third-order valence-corrected chi connectivity index (χ3v) is 4.76. The molecule has 2 N–H and O–H groups in total. The fourth-order valence-corrected chi connectivity index (χ4v) is 2.75. The van der Waals surface area contributed by atoms with Crippen molar-refractivity contribution >= 4 is 5.91 Å². The summed E-state index contributed by atoms with van der Waals surface area (Å²) in [5.74, 6) is 0.136. The Labute approximate surface area is 103 Å². The zero-order chi connectivity index (χ0) is 12.7. The van der Waals surface area contributed by atoms with Crippen molar-refractivity contribution in [3.05, 3.63) is 0 Å². The van der Waals surface area contributed by atoms with Crippen molar-refractivity contribution in [2.24, 2.45) is 10.8 Å². The van der Waals surface area contributed by atoms with Gasteiger partial charge in [-0.25, -0.2) is 0 Å². The van der Waals surface area contributed by atoms with Crippen molar-refractivity contribution in [1.29, 1.82) is 0 Å². The lowest BCUT2D eigenvalue weighted by Crippen LogP contribution is -2.45. The van der Waals surface area contributed by atoms with Crippen molar-refractivity contribution < 1.29 is 9.53 Å². The molecule has 1 heterocycles. The summed E-state index contributed by atoms with van der Waals surface area (Å²) < 4.78 is 5.34. The Balaban J connectivity index is 1.79. The number of hydrogen-bond acceptors (Lipinski definition) is 3. The first-order valence-corrected chi connectivity index (χ1v) is 6.46. The third kappa shape index (κ3) is 2.33. The van der Waals surface area contributed by atoms with Gasteiger partial charge in [-0.05, 0) is 10.8 Å². The third-order valence-electron chi connectivity index (χ3n) is 4.76. The van der Waals surface area contributed by atoms with Crippen molar-refractivity contribution in [2.75, 3.05) is 19.8 Å². The van der Waals surface area contributed by atoms with E-state index in [1.807, 2.05) is 0 Å². The van der Waals surface area contributed by atoms with Gasteiger partial charge in [-0.1, -0.05) is 27.7 Å². The van der Waals surface area contributed by atoms with E-state index >= 15 is 0 Å². The summed E-state index contributed by atoms with van der Waals surface area (Å²) in [7, 11) is 0. The highest BCUT2D eigenvalue weighted by molar-refractivity contribution is 5.77. The smallest absolute Gasteiger partial charge is 0.221 e. The Hall–Kier alpha value is -0.610. The average Bonchev–Trinajstić information content (AvgIpc) is 2.62. The van der Waals surface area contributed by atoms with Gasteiger partial charge >= 0.3 is 0 Å². The first kappa shape index (κ1) is 12.8. The minimum Gasteiger partial charge on any atom is -0.378 e. The lowest BCUT2D eigenvalue weighted by atomic mass is 10.0. The first-order chi connectivity index (χ1) is 7.85. The van der Waals surface area contributed by atoms with Crippen LogP contribution in [0.15, 0.2) is 0 Å². The fourth-order valence-electron chi connectivity index (χ4n) is 2.75. The number of nitrogens with one attached hydrogen (secondary N) is 2. The molecule has 0 radical (unpaired) electrons. The summed E-state index contributed by atoms with van der Waals surface area (Å²) >= 11 is 0. The largest absolute Gasteiger partial charge is 0.378 e. The second-order valence-electron chi connectivity index (χ2n) is 6.37. The van der Waals surface area contributed by atoms with Crippen molar-refractivity contribution in [3.63, 3.8) is 0 Å². The van der Waals surface area contributed by atoms with Crippen molar-refractivity contribution in [3.8, 4) is 0 Å². The van der Waals surface area contributed by atoms with Crippen LogP contribution in [0, 0.1) is 10.8 Å². The Morgan fingerprint density at radius 1 is 1.35 bits per heavy atom. The molecule has 4 heteroatoms. The number of morpholine rings is 1. The van der Waals surface area contributed by atoms with Crippen LogP contribution in [-0.2, 0) is 9.53 Å². The number of carbonyl (C=O) groups excluding carboxylic acids is 1. The van der Waals surface area contributed by atoms with Gasteiger partial charge in [0.05, 0.1) is 13.2 Å². The Bertz CT molecular complexity index is 293. The lowest BCUT2D eigenvalue weighted by Gasteiger charge is -2.23. The van der Waals surface area contributed by atoms with Gasteiger partial charge in [-0.2, -0.15) is 0 Å². The van der Waals surface area contributed by atoms with E-state index in [1.54, 1.807) is 0 Å². The highest BCUT2D eigenvalue weighted by Crippen LogP contribution is 2.62. The molecule has 0 aromatic carbocycles. The Kier molecular flexibility index (Phi) is 3.21. The molecule has 1 aliphatic carbocycles. The number of carbonyl (C=O) groups is 1. The summed E-state index contributed by atoms with van der Waals surface area (Å²) in [6.45, 7) is 11.1. The maximum absolute atomic E-state index is 11.9. The molecule has 4 nitrogen and oxygen atoms in total. The molecule has 2 fully saturated rings. The zero-order valence-electron chi connectivity index (χ0n) is 11.3. The maximum Gasteiger partial charge on any atom is 0.221 e. The molecule has 2 rings (SSSR count). The molecule has 1 amide bonds. The van der Waals surface area contributed by atoms with Crippen LogP contribution in [0.3, 0.4) is 0 Å². The van der Waals surface area contributed by atoms with E-state index in [1.165, 1.54) is 0 Å². The van der Waals surface area contributed by atoms with Crippen molar-refractivity contribution in [1.82, 2.24) is 10.6 Å². The van der Waals surface area contributed by atoms with Crippen LogP contribution in [0.25, 0.3) is 0 Å². The van der Waals surface area contributed by atoms with Crippen molar-refractivity contribution in [2.45, 2.75) is 46.2 Å². The minimum atomic E-state index is 0.136. The molecule has 0 aromatic rings. The van der Waals surface area contributed by atoms with Gasteiger partial charge in [0.25, 0.3) is 0 Å². The van der Waals surface area contributed by atoms with E-state index < -0.39 is 0 Å². The van der Waals surface area contributed by atoms with E-state index in [9.17, 15) is 4.79 Å². The molecule has 0 bridgehead atoms. The molecule has 0 unspecified atom stereocenters. The number of amides is 1. The van der Waals surface area contributed by atoms with E-state index in [0.717, 1.165) is 13.2 Å².